The molecular weight excluding hydrogens is 375 g/mol. The van der Waals surface area contributed by atoms with E-state index in [0.29, 0.717) is 17.9 Å². The molecule has 0 fully saturated rings. The lowest BCUT2D eigenvalue weighted by Crippen LogP contribution is -2.22. The fourth-order valence-electron chi connectivity index (χ4n) is 1.66. The molecule has 0 atom stereocenters. The lowest BCUT2D eigenvalue weighted by Gasteiger charge is -2.08. The van der Waals surface area contributed by atoms with E-state index in [4.69, 9.17) is 45.3 Å². The topological polar surface area (TPSA) is 73.9 Å². The van der Waals surface area contributed by atoms with Crippen LogP contribution >= 0.6 is 34.8 Å². The number of rotatable bonds is 5. The van der Waals surface area contributed by atoms with Crippen LogP contribution in [0.4, 0.5) is 0 Å². The Balaban J connectivity index is 1.94. The van der Waals surface area contributed by atoms with E-state index in [1.807, 2.05) is 30.3 Å². The van der Waals surface area contributed by atoms with E-state index in [9.17, 15) is 4.79 Å². The third kappa shape index (κ3) is 5.60. The van der Waals surface area contributed by atoms with Crippen LogP contribution in [-0.4, -0.2) is 15.6 Å². The smallest absolute Gasteiger partial charge is 0.386 e. The number of halogens is 3. The second-order valence-electron chi connectivity index (χ2n) is 4.65. The Hall–Kier alpha value is -1.95. The molecule has 126 valence electrons. The van der Waals surface area contributed by atoms with Gasteiger partial charge in [0.1, 0.15) is 12.4 Å². The predicted molar refractivity (Wildman–Crippen MR) is 94.3 cm³/mol. The lowest BCUT2D eigenvalue weighted by atomic mass is 10.2. The van der Waals surface area contributed by atoms with Gasteiger partial charge in [0.2, 0.25) is 0 Å². The maximum atomic E-state index is 11.3. The van der Waals surface area contributed by atoms with Gasteiger partial charge in [0.25, 0.3) is 3.79 Å². The van der Waals surface area contributed by atoms with Crippen molar-refractivity contribution >= 4 is 46.6 Å². The number of carbonyl (C=O) groups is 1. The van der Waals surface area contributed by atoms with Gasteiger partial charge in [-0.05, 0) is 29.8 Å². The molecule has 2 aromatic carbocycles. The highest BCUT2D eigenvalue weighted by molar-refractivity contribution is 6.75. The summed E-state index contributed by atoms with van der Waals surface area (Å²) in [6.45, 7) is 0.449. The van der Waals surface area contributed by atoms with Crippen molar-refractivity contribution in [2.24, 2.45) is 10.9 Å². The fraction of sp³-hybridized carbons (Fsp3) is 0.125. The van der Waals surface area contributed by atoms with Gasteiger partial charge in [-0.3, -0.25) is 0 Å². The molecule has 5 nitrogen and oxygen atoms in total. The largest absolute Gasteiger partial charge is 0.489 e. The Morgan fingerprint density at radius 1 is 1.04 bits per heavy atom. The highest BCUT2D eigenvalue weighted by Crippen LogP contribution is 2.27. The van der Waals surface area contributed by atoms with Crippen LogP contribution in [0.2, 0.25) is 0 Å². The van der Waals surface area contributed by atoms with Gasteiger partial charge in [0.05, 0.1) is 0 Å². The van der Waals surface area contributed by atoms with E-state index in [-0.39, 0.29) is 5.84 Å². The molecule has 0 amide bonds. The van der Waals surface area contributed by atoms with Crippen LogP contribution in [0.3, 0.4) is 0 Å². The SMILES string of the molecule is N/C(=N/OC(=O)C(Cl)(Cl)Cl)c1ccc(OCc2ccccc2)cc1. The van der Waals surface area contributed by atoms with E-state index in [1.165, 1.54) is 0 Å². The molecule has 0 aliphatic rings. The molecule has 0 aliphatic carbocycles. The first-order chi connectivity index (χ1) is 11.4. The van der Waals surface area contributed by atoms with Crippen LogP contribution < -0.4 is 10.5 Å². The van der Waals surface area contributed by atoms with Crippen molar-refractivity contribution < 1.29 is 14.4 Å². The first kappa shape index (κ1) is 18.4. The molecule has 0 bridgehead atoms. The number of nitrogens with two attached hydrogens (primary N) is 1. The van der Waals surface area contributed by atoms with Crippen molar-refractivity contribution in [1.82, 2.24) is 0 Å². The standard InChI is InChI=1S/C16H13Cl3N2O3/c17-16(18,19)15(22)24-21-14(20)12-6-8-13(9-7-12)23-10-11-4-2-1-3-5-11/h1-9H,10H2,(H2,20,21). The number of benzene rings is 2. The van der Waals surface area contributed by atoms with Crippen LogP contribution in [0.1, 0.15) is 11.1 Å². The number of alkyl halides is 3. The molecule has 0 spiro atoms. The molecule has 0 aromatic heterocycles. The number of amidine groups is 1. The van der Waals surface area contributed by atoms with E-state index < -0.39 is 9.76 Å². The zero-order chi connectivity index (χ0) is 17.6. The van der Waals surface area contributed by atoms with Crippen LogP contribution in [-0.2, 0) is 16.2 Å². The van der Waals surface area contributed by atoms with Crippen molar-refractivity contribution in [3.05, 3.63) is 65.7 Å². The van der Waals surface area contributed by atoms with Crippen LogP contribution in [0, 0.1) is 0 Å². The summed E-state index contributed by atoms with van der Waals surface area (Å²) in [4.78, 5) is 15.7. The maximum Gasteiger partial charge on any atom is 0.386 e. The Morgan fingerprint density at radius 2 is 1.67 bits per heavy atom. The Morgan fingerprint density at radius 3 is 2.25 bits per heavy atom. The highest BCUT2D eigenvalue weighted by Gasteiger charge is 2.33. The normalized spacial score (nSPS) is 11.9. The monoisotopic (exact) mass is 386 g/mol. The highest BCUT2D eigenvalue weighted by atomic mass is 35.6. The van der Waals surface area contributed by atoms with Crippen molar-refractivity contribution in [3.63, 3.8) is 0 Å². The zero-order valence-corrected chi connectivity index (χ0v) is 14.6. The molecule has 0 saturated carbocycles. The third-order valence-corrected chi connectivity index (χ3v) is 3.32. The Bertz CT molecular complexity index is 714. The van der Waals surface area contributed by atoms with Crippen LogP contribution in [0.25, 0.3) is 0 Å². The molecule has 2 N–H and O–H groups in total. The Labute approximate surface area is 153 Å². The summed E-state index contributed by atoms with van der Waals surface area (Å²) in [5.41, 5.74) is 7.29. The number of hydrogen-bond acceptors (Lipinski definition) is 4. The minimum absolute atomic E-state index is 0.0350. The maximum absolute atomic E-state index is 11.3. The molecule has 0 saturated heterocycles. The fourth-order valence-corrected chi connectivity index (χ4v) is 1.76. The van der Waals surface area contributed by atoms with Crippen molar-refractivity contribution in [2.45, 2.75) is 10.4 Å². The molecule has 0 unspecified atom stereocenters. The first-order valence-corrected chi connectivity index (χ1v) is 7.88. The molecule has 0 heterocycles. The minimum atomic E-state index is -2.21. The van der Waals surface area contributed by atoms with Crippen molar-refractivity contribution in [2.75, 3.05) is 0 Å². The predicted octanol–water partition coefficient (Wildman–Crippen LogP) is 3.80. The number of oxime groups is 1. The molecule has 0 aliphatic heterocycles. The number of nitrogens with zero attached hydrogens (tertiary/aromatic N) is 1. The van der Waals surface area contributed by atoms with E-state index in [1.54, 1.807) is 24.3 Å². The van der Waals surface area contributed by atoms with Crippen molar-refractivity contribution in [3.8, 4) is 5.75 Å². The molecular formula is C16H13Cl3N2O3. The van der Waals surface area contributed by atoms with Gasteiger partial charge in [-0.15, -0.1) is 0 Å². The zero-order valence-electron chi connectivity index (χ0n) is 12.3. The summed E-state index contributed by atoms with van der Waals surface area (Å²) in [6.07, 6.45) is 0. The van der Waals surface area contributed by atoms with Gasteiger partial charge in [-0.25, -0.2) is 4.79 Å². The number of carbonyl (C=O) groups excluding carboxylic acids is 1. The number of hydrogen-bond donors (Lipinski definition) is 1. The quantitative estimate of drug-likeness (QED) is 0.278. The average Bonchev–Trinajstić information content (AvgIpc) is 2.58. The minimum Gasteiger partial charge on any atom is -0.489 e. The Kier molecular flexibility index (Phi) is 6.31. The average molecular weight is 388 g/mol. The first-order valence-electron chi connectivity index (χ1n) is 6.75. The second kappa shape index (κ2) is 8.24. The molecule has 24 heavy (non-hydrogen) atoms. The van der Waals surface area contributed by atoms with Gasteiger partial charge >= 0.3 is 5.97 Å². The van der Waals surface area contributed by atoms with E-state index >= 15 is 0 Å². The molecule has 2 rings (SSSR count). The summed E-state index contributed by atoms with van der Waals surface area (Å²) in [7, 11) is 0. The molecule has 2 aromatic rings. The van der Waals surface area contributed by atoms with Gasteiger partial charge in [0, 0.05) is 5.56 Å². The summed E-state index contributed by atoms with van der Waals surface area (Å²) < 4.78 is 3.44. The van der Waals surface area contributed by atoms with Crippen LogP contribution in [0.15, 0.2) is 59.8 Å². The molecule has 8 heteroatoms. The number of ether oxygens (including phenoxy) is 1. The summed E-state index contributed by atoms with van der Waals surface area (Å²) in [6, 6.07) is 16.5. The van der Waals surface area contributed by atoms with Crippen molar-refractivity contribution in [1.29, 1.82) is 0 Å². The lowest BCUT2D eigenvalue weighted by molar-refractivity contribution is -0.142. The summed E-state index contributed by atoms with van der Waals surface area (Å²) in [5, 5.41) is 3.43. The van der Waals surface area contributed by atoms with E-state index in [0.717, 1.165) is 5.56 Å². The summed E-state index contributed by atoms with van der Waals surface area (Å²) in [5.74, 6) is -0.515. The third-order valence-electron chi connectivity index (χ3n) is 2.86. The van der Waals surface area contributed by atoms with Gasteiger partial charge in [-0.2, -0.15) is 0 Å². The second-order valence-corrected chi connectivity index (χ2v) is 6.93. The van der Waals surface area contributed by atoms with Crippen LogP contribution in [0.5, 0.6) is 5.75 Å². The van der Waals surface area contributed by atoms with Gasteiger partial charge in [0.15, 0.2) is 5.84 Å². The summed E-state index contributed by atoms with van der Waals surface area (Å²) >= 11 is 16.0. The molecule has 0 radical (unpaired) electrons. The van der Waals surface area contributed by atoms with Gasteiger partial charge < -0.3 is 15.3 Å². The van der Waals surface area contributed by atoms with E-state index in [2.05, 4.69) is 9.99 Å². The van der Waals surface area contributed by atoms with Gasteiger partial charge in [-0.1, -0.05) is 70.3 Å².